The number of thioether (sulfide) groups is 1. The molecule has 0 saturated carbocycles. The Morgan fingerprint density at radius 3 is 2.30 bits per heavy atom. The average molecular weight is 446 g/mol. The molecule has 1 heterocycles. The molecule has 0 fully saturated rings. The monoisotopic (exact) mass is 445 g/mol. The van der Waals surface area contributed by atoms with Gasteiger partial charge in [0.15, 0.2) is 11.0 Å². The van der Waals surface area contributed by atoms with Crippen molar-refractivity contribution in [3.8, 4) is 22.9 Å². The van der Waals surface area contributed by atoms with E-state index in [0.29, 0.717) is 34.0 Å². The minimum atomic E-state index is -1.05. The predicted molar refractivity (Wildman–Crippen MR) is 117 cm³/mol. The SMILES string of the molecule is CCn1c(S/C(=C\c2ccc(Cl)cc2)C(=O)O)nnc1-c1cc(OC)cc(OC)c1. The minimum Gasteiger partial charge on any atom is -0.497 e. The van der Waals surface area contributed by atoms with E-state index in [1.165, 1.54) is 0 Å². The molecule has 0 aliphatic carbocycles. The van der Waals surface area contributed by atoms with E-state index in [4.69, 9.17) is 21.1 Å². The van der Waals surface area contributed by atoms with E-state index in [1.807, 2.05) is 23.6 Å². The van der Waals surface area contributed by atoms with Gasteiger partial charge in [0.1, 0.15) is 16.4 Å². The highest BCUT2D eigenvalue weighted by atomic mass is 35.5. The van der Waals surface area contributed by atoms with Crippen LogP contribution in [0.15, 0.2) is 52.5 Å². The molecule has 0 radical (unpaired) electrons. The van der Waals surface area contributed by atoms with Gasteiger partial charge in [0, 0.05) is 23.2 Å². The highest BCUT2D eigenvalue weighted by molar-refractivity contribution is 8.04. The number of benzene rings is 2. The topological polar surface area (TPSA) is 86.5 Å². The summed E-state index contributed by atoms with van der Waals surface area (Å²) in [6.07, 6.45) is 1.58. The number of nitrogens with zero attached hydrogens (tertiary/aromatic N) is 3. The lowest BCUT2D eigenvalue weighted by atomic mass is 10.2. The molecule has 1 N–H and O–H groups in total. The van der Waals surface area contributed by atoms with Gasteiger partial charge in [-0.1, -0.05) is 23.7 Å². The summed E-state index contributed by atoms with van der Waals surface area (Å²) in [5, 5.41) is 19.2. The van der Waals surface area contributed by atoms with Crippen molar-refractivity contribution in [1.82, 2.24) is 14.8 Å². The molecule has 0 bridgehead atoms. The number of hydrogen-bond acceptors (Lipinski definition) is 6. The van der Waals surface area contributed by atoms with Gasteiger partial charge in [-0.15, -0.1) is 10.2 Å². The summed E-state index contributed by atoms with van der Waals surface area (Å²) in [5.41, 5.74) is 1.48. The van der Waals surface area contributed by atoms with E-state index < -0.39 is 5.97 Å². The Balaban J connectivity index is 1.98. The fraction of sp³-hybridized carbons (Fsp3) is 0.190. The van der Waals surface area contributed by atoms with E-state index in [0.717, 1.165) is 22.9 Å². The maximum atomic E-state index is 11.8. The Bertz CT molecular complexity index is 1060. The molecule has 0 atom stereocenters. The zero-order chi connectivity index (χ0) is 21.7. The summed E-state index contributed by atoms with van der Waals surface area (Å²) < 4.78 is 12.5. The van der Waals surface area contributed by atoms with E-state index in [9.17, 15) is 9.90 Å². The zero-order valence-electron chi connectivity index (χ0n) is 16.6. The summed E-state index contributed by atoms with van der Waals surface area (Å²) in [5.74, 6) is 0.787. The second kappa shape index (κ2) is 9.69. The summed E-state index contributed by atoms with van der Waals surface area (Å²) in [6, 6.07) is 12.3. The molecule has 30 heavy (non-hydrogen) atoms. The third-order valence-corrected chi connectivity index (χ3v) is 5.47. The van der Waals surface area contributed by atoms with E-state index >= 15 is 0 Å². The molecule has 0 aliphatic heterocycles. The number of methoxy groups -OCH3 is 2. The summed E-state index contributed by atoms with van der Waals surface area (Å²) in [4.78, 5) is 11.9. The van der Waals surface area contributed by atoms with Crippen LogP contribution in [-0.4, -0.2) is 40.1 Å². The maximum absolute atomic E-state index is 11.8. The van der Waals surface area contributed by atoms with Crippen molar-refractivity contribution in [3.63, 3.8) is 0 Å². The number of aliphatic carboxylic acids is 1. The number of carboxylic acid groups (broad SMARTS) is 1. The van der Waals surface area contributed by atoms with Gasteiger partial charge in [0.05, 0.1) is 14.2 Å². The lowest BCUT2D eigenvalue weighted by Gasteiger charge is -2.10. The lowest BCUT2D eigenvalue weighted by molar-refractivity contribution is -0.131. The Morgan fingerprint density at radius 2 is 1.77 bits per heavy atom. The number of hydrogen-bond donors (Lipinski definition) is 1. The molecule has 0 saturated heterocycles. The highest BCUT2D eigenvalue weighted by Gasteiger charge is 2.19. The number of ether oxygens (including phenoxy) is 2. The minimum absolute atomic E-state index is 0.120. The van der Waals surface area contributed by atoms with Gasteiger partial charge in [-0.05, 0) is 54.6 Å². The van der Waals surface area contributed by atoms with Crippen molar-refractivity contribution in [2.45, 2.75) is 18.6 Å². The fourth-order valence-corrected chi connectivity index (χ4v) is 3.76. The van der Waals surface area contributed by atoms with Crippen LogP contribution < -0.4 is 9.47 Å². The van der Waals surface area contributed by atoms with Gasteiger partial charge < -0.3 is 19.1 Å². The van der Waals surface area contributed by atoms with Crippen molar-refractivity contribution in [2.24, 2.45) is 0 Å². The molecule has 7 nitrogen and oxygen atoms in total. The molecule has 1 aromatic heterocycles. The van der Waals surface area contributed by atoms with Crippen molar-refractivity contribution in [3.05, 3.63) is 58.0 Å². The van der Waals surface area contributed by atoms with Gasteiger partial charge in [-0.2, -0.15) is 0 Å². The number of carbonyl (C=O) groups is 1. The maximum Gasteiger partial charge on any atom is 0.342 e. The molecule has 156 valence electrons. The van der Waals surface area contributed by atoms with Crippen LogP contribution in [0, 0.1) is 0 Å². The van der Waals surface area contributed by atoms with Crippen LogP contribution in [0.5, 0.6) is 11.5 Å². The molecule has 0 unspecified atom stereocenters. The van der Waals surface area contributed by atoms with Gasteiger partial charge in [0.25, 0.3) is 0 Å². The summed E-state index contributed by atoms with van der Waals surface area (Å²) in [7, 11) is 3.15. The molecule has 2 aromatic carbocycles. The first-order valence-electron chi connectivity index (χ1n) is 9.00. The Hall–Kier alpha value is -2.97. The number of rotatable bonds is 8. The third-order valence-electron chi connectivity index (χ3n) is 4.22. The van der Waals surface area contributed by atoms with Crippen molar-refractivity contribution in [1.29, 1.82) is 0 Å². The molecule has 0 amide bonds. The first-order valence-corrected chi connectivity index (χ1v) is 10.2. The van der Waals surface area contributed by atoms with Crippen LogP contribution in [0.25, 0.3) is 17.5 Å². The molecule has 0 aliphatic rings. The molecule has 3 aromatic rings. The van der Waals surface area contributed by atoms with Gasteiger partial charge in [0.2, 0.25) is 0 Å². The van der Waals surface area contributed by atoms with Gasteiger partial charge in [-0.25, -0.2) is 4.79 Å². The summed E-state index contributed by atoms with van der Waals surface area (Å²) in [6.45, 7) is 2.50. The van der Waals surface area contributed by atoms with E-state index in [2.05, 4.69) is 10.2 Å². The quantitative estimate of drug-likeness (QED) is 0.391. The van der Waals surface area contributed by atoms with Crippen LogP contribution in [0.3, 0.4) is 0 Å². The van der Waals surface area contributed by atoms with Gasteiger partial charge in [-0.3, -0.25) is 0 Å². The van der Waals surface area contributed by atoms with E-state index in [1.54, 1.807) is 50.6 Å². The lowest BCUT2D eigenvalue weighted by Crippen LogP contribution is -2.03. The third kappa shape index (κ3) is 4.95. The fourth-order valence-electron chi connectivity index (χ4n) is 2.74. The van der Waals surface area contributed by atoms with Crippen LogP contribution in [0.2, 0.25) is 5.02 Å². The summed E-state index contributed by atoms with van der Waals surface area (Å²) >= 11 is 6.94. The Kier molecular flexibility index (Phi) is 7.02. The standard InChI is InChI=1S/C21H20ClN3O4S/c1-4-25-19(14-10-16(28-2)12-17(11-14)29-3)23-24-21(25)30-18(20(26)27)9-13-5-7-15(22)8-6-13/h5-12H,4H2,1-3H3,(H,26,27)/b18-9-. The first kappa shape index (κ1) is 21.7. The Morgan fingerprint density at radius 1 is 1.13 bits per heavy atom. The van der Waals surface area contributed by atoms with Crippen LogP contribution in [-0.2, 0) is 11.3 Å². The molecular weight excluding hydrogens is 426 g/mol. The number of aromatic nitrogens is 3. The molecule has 0 spiro atoms. The second-order valence-electron chi connectivity index (χ2n) is 6.12. The average Bonchev–Trinajstić information content (AvgIpc) is 3.16. The Labute approximate surface area is 183 Å². The molecular formula is C21H20ClN3O4S. The number of halogens is 1. The van der Waals surface area contributed by atoms with Crippen LogP contribution >= 0.6 is 23.4 Å². The smallest absolute Gasteiger partial charge is 0.342 e. The predicted octanol–water partition coefficient (Wildman–Crippen LogP) is 4.85. The number of carboxylic acids is 1. The van der Waals surface area contributed by atoms with Gasteiger partial charge >= 0.3 is 5.97 Å². The van der Waals surface area contributed by atoms with Crippen molar-refractivity contribution >= 4 is 35.4 Å². The van der Waals surface area contributed by atoms with Crippen LogP contribution in [0.4, 0.5) is 0 Å². The molecule has 9 heteroatoms. The second-order valence-corrected chi connectivity index (χ2v) is 7.56. The van der Waals surface area contributed by atoms with E-state index in [-0.39, 0.29) is 4.91 Å². The molecule has 3 rings (SSSR count). The van der Waals surface area contributed by atoms with Crippen molar-refractivity contribution < 1.29 is 19.4 Å². The van der Waals surface area contributed by atoms with Crippen molar-refractivity contribution in [2.75, 3.05) is 14.2 Å². The zero-order valence-corrected chi connectivity index (χ0v) is 18.2. The highest BCUT2D eigenvalue weighted by Crippen LogP contribution is 2.33. The first-order chi connectivity index (χ1) is 14.4. The largest absolute Gasteiger partial charge is 0.497 e. The normalized spacial score (nSPS) is 11.4. The van der Waals surface area contributed by atoms with Crippen LogP contribution in [0.1, 0.15) is 12.5 Å².